The summed E-state index contributed by atoms with van der Waals surface area (Å²) in [5.41, 5.74) is 0.870. The number of hydrogen-bond donors (Lipinski definition) is 1. The molecule has 1 saturated carbocycles. The van der Waals surface area contributed by atoms with Gasteiger partial charge in [-0.1, -0.05) is 51.2 Å². The lowest BCUT2D eigenvalue weighted by molar-refractivity contribution is -0.149. The van der Waals surface area contributed by atoms with Gasteiger partial charge in [0.2, 0.25) is 0 Å². The van der Waals surface area contributed by atoms with Crippen LogP contribution in [0, 0.1) is 5.92 Å². The Bertz CT molecular complexity index is 716. The number of carboxylic acid groups (broad SMARTS) is 1. The van der Waals surface area contributed by atoms with E-state index < -0.39 is 12.1 Å². The van der Waals surface area contributed by atoms with Crippen LogP contribution >= 0.6 is 0 Å². The molecular formula is C27H43NO6. The van der Waals surface area contributed by atoms with Crippen molar-refractivity contribution in [3.8, 4) is 5.75 Å². The Kier molecular flexibility index (Phi) is 12.8. The van der Waals surface area contributed by atoms with Crippen LogP contribution in [0.15, 0.2) is 24.3 Å². The van der Waals surface area contributed by atoms with Crippen molar-refractivity contribution < 1.29 is 28.9 Å². The summed E-state index contributed by atoms with van der Waals surface area (Å²) in [7, 11) is 0. The van der Waals surface area contributed by atoms with Gasteiger partial charge in [0.25, 0.3) is 0 Å². The molecule has 7 heteroatoms. The zero-order valence-corrected chi connectivity index (χ0v) is 21.2. The van der Waals surface area contributed by atoms with E-state index in [1.165, 1.54) is 32.1 Å². The zero-order valence-electron chi connectivity index (χ0n) is 21.2. The van der Waals surface area contributed by atoms with Gasteiger partial charge in [-0.2, -0.15) is 0 Å². The van der Waals surface area contributed by atoms with Gasteiger partial charge in [0.05, 0.1) is 6.54 Å². The maximum atomic E-state index is 12.7. The fourth-order valence-electron chi connectivity index (χ4n) is 4.30. The van der Waals surface area contributed by atoms with Crippen LogP contribution in [0.3, 0.4) is 0 Å². The highest BCUT2D eigenvalue weighted by Gasteiger charge is 2.20. The van der Waals surface area contributed by atoms with Gasteiger partial charge >= 0.3 is 12.1 Å². The van der Waals surface area contributed by atoms with Gasteiger partial charge in [-0.3, -0.25) is 0 Å². The number of benzene rings is 1. The molecule has 1 amide bonds. The normalized spacial score (nSPS) is 16.0. The molecule has 34 heavy (non-hydrogen) atoms. The first-order valence-electron chi connectivity index (χ1n) is 12.9. The second-order valence-electron chi connectivity index (χ2n) is 9.21. The molecule has 1 aliphatic rings. The average molecular weight is 478 g/mol. The third-order valence-corrected chi connectivity index (χ3v) is 6.52. The molecule has 0 radical (unpaired) electrons. The van der Waals surface area contributed by atoms with Crippen molar-refractivity contribution >= 4 is 12.1 Å². The van der Waals surface area contributed by atoms with E-state index in [9.17, 15) is 14.7 Å². The summed E-state index contributed by atoms with van der Waals surface area (Å²) in [6.07, 6.45) is 8.66. The van der Waals surface area contributed by atoms with Crippen molar-refractivity contribution in [3.63, 3.8) is 0 Å². The van der Waals surface area contributed by atoms with Crippen LogP contribution in [-0.4, -0.2) is 60.6 Å². The molecule has 192 valence electrons. The van der Waals surface area contributed by atoms with Crippen molar-refractivity contribution in [3.05, 3.63) is 29.8 Å². The Morgan fingerprint density at radius 2 is 1.79 bits per heavy atom. The van der Waals surface area contributed by atoms with E-state index >= 15 is 0 Å². The molecule has 1 fully saturated rings. The van der Waals surface area contributed by atoms with Crippen LogP contribution in [0.2, 0.25) is 0 Å². The molecule has 2 atom stereocenters. The number of carbonyl (C=O) groups excluding carboxylic acids is 1. The molecule has 0 bridgehead atoms. The van der Waals surface area contributed by atoms with Crippen molar-refractivity contribution in [2.24, 2.45) is 5.92 Å². The van der Waals surface area contributed by atoms with Crippen molar-refractivity contribution in [1.29, 1.82) is 0 Å². The van der Waals surface area contributed by atoms with E-state index in [2.05, 4.69) is 0 Å². The van der Waals surface area contributed by atoms with E-state index in [1.807, 2.05) is 38.1 Å². The highest BCUT2D eigenvalue weighted by Crippen LogP contribution is 2.27. The Hall–Kier alpha value is -2.28. The second kappa shape index (κ2) is 15.6. The molecule has 2 unspecified atom stereocenters. The minimum atomic E-state index is -0.963. The average Bonchev–Trinajstić information content (AvgIpc) is 2.84. The number of amides is 1. The van der Waals surface area contributed by atoms with Gasteiger partial charge in [0.1, 0.15) is 18.5 Å². The Morgan fingerprint density at radius 3 is 2.41 bits per heavy atom. The molecule has 0 aromatic heterocycles. The molecule has 0 spiro atoms. The lowest BCUT2D eigenvalue weighted by atomic mass is 9.86. The lowest BCUT2D eigenvalue weighted by Gasteiger charge is -2.26. The lowest BCUT2D eigenvalue weighted by Crippen LogP contribution is -2.37. The molecule has 0 saturated heterocycles. The topological polar surface area (TPSA) is 85.3 Å². The van der Waals surface area contributed by atoms with Crippen molar-refractivity contribution in [2.45, 2.75) is 90.8 Å². The van der Waals surface area contributed by atoms with Gasteiger partial charge < -0.3 is 24.2 Å². The van der Waals surface area contributed by atoms with Crippen molar-refractivity contribution in [1.82, 2.24) is 4.90 Å². The number of carbonyl (C=O) groups is 2. The molecule has 1 aromatic carbocycles. The molecule has 7 nitrogen and oxygen atoms in total. The highest BCUT2D eigenvalue weighted by molar-refractivity contribution is 5.72. The summed E-state index contributed by atoms with van der Waals surface area (Å²) in [6, 6.07) is 7.35. The molecule has 0 heterocycles. The summed E-state index contributed by atoms with van der Waals surface area (Å²) in [5.74, 6) is 0.513. The van der Waals surface area contributed by atoms with Gasteiger partial charge in [-0.05, 0) is 56.7 Å². The second-order valence-corrected chi connectivity index (χ2v) is 9.21. The number of rotatable bonds is 15. The standard InChI is InChI=1S/C27H43NO6/c1-4-21(3)34-27(31)28(17-9-12-22-10-7-6-8-11-22)18-19-33-24-15-13-23(14-16-24)20-25(26(29)30)32-5-2/h13-16,21-22,25H,4-12,17-20H2,1-3H3,(H,29,30). The predicted octanol–water partition coefficient (Wildman–Crippen LogP) is 5.70. The number of nitrogens with zero attached hydrogens (tertiary/aromatic N) is 1. The first-order valence-corrected chi connectivity index (χ1v) is 12.9. The third-order valence-electron chi connectivity index (χ3n) is 6.52. The van der Waals surface area contributed by atoms with Gasteiger partial charge in [0.15, 0.2) is 6.10 Å². The largest absolute Gasteiger partial charge is 0.492 e. The molecule has 2 rings (SSSR count). The van der Waals surface area contributed by atoms with Crippen LogP contribution in [-0.2, 0) is 20.7 Å². The highest BCUT2D eigenvalue weighted by atomic mass is 16.6. The third kappa shape index (κ3) is 10.3. The number of hydrogen-bond acceptors (Lipinski definition) is 5. The molecule has 0 aliphatic heterocycles. The summed E-state index contributed by atoms with van der Waals surface area (Å²) in [5, 5.41) is 9.25. The smallest absolute Gasteiger partial charge is 0.410 e. The summed E-state index contributed by atoms with van der Waals surface area (Å²) >= 11 is 0. The Balaban J connectivity index is 1.83. The minimum absolute atomic E-state index is 0.104. The number of carboxylic acids is 1. The van der Waals surface area contributed by atoms with Gasteiger partial charge in [0, 0.05) is 19.6 Å². The molecular weight excluding hydrogens is 434 g/mol. The van der Waals surface area contributed by atoms with Crippen LogP contribution in [0.1, 0.15) is 77.7 Å². The zero-order chi connectivity index (χ0) is 24.8. The quantitative estimate of drug-likeness (QED) is 0.349. The van der Waals surface area contributed by atoms with Crippen LogP contribution in [0.4, 0.5) is 4.79 Å². The fourth-order valence-corrected chi connectivity index (χ4v) is 4.30. The fraction of sp³-hybridized carbons (Fsp3) is 0.704. The van der Waals surface area contributed by atoms with E-state index in [-0.39, 0.29) is 12.2 Å². The Morgan fingerprint density at radius 1 is 1.09 bits per heavy atom. The summed E-state index contributed by atoms with van der Waals surface area (Å²) in [6.45, 7) is 7.58. The predicted molar refractivity (Wildman–Crippen MR) is 132 cm³/mol. The van der Waals surface area contributed by atoms with E-state index in [0.717, 1.165) is 30.7 Å². The monoisotopic (exact) mass is 477 g/mol. The van der Waals surface area contributed by atoms with E-state index in [0.29, 0.717) is 38.5 Å². The molecule has 1 N–H and O–H groups in total. The van der Waals surface area contributed by atoms with Crippen LogP contribution in [0.25, 0.3) is 0 Å². The van der Waals surface area contributed by atoms with Gasteiger partial charge in [-0.15, -0.1) is 0 Å². The maximum absolute atomic E-state index is 12.7. The summed E-state index contributed by atoms with van der Waals surface area (Å²) in [4.78, 5) is 25.7. The molecule has 1 aromatic rings. The summed E-state index contributed by atoms with van der Waals surface area (Å²) < 4.78 is 16.7. The molecule has 1 aliphatic carbocycles. The van der Waals surface area contributed by atoms with E-state index in [4.69, 9.17) is 14.2 Å². The van der Waals surface area contributed by atoms with E-state index in [1.54, 1.807) is 11.8 Å². The van der Waals surface area contributed by atoms with Crippen LogP contribution in [0.5, 0.6) is 5.75 Å². The number of aliphatic carboxylic acids is 1. The van der Waals surface area contributed by atoms with Crippen molar-refractivity contribution in [2.75, 3.05) is 26.3 Å². The Labute approximate surface area is 204 Å². The van der Waals surface area contributed by atoms with Gasteiger partial charge in [-0.25, -0.2) is 9.59 Å². The minimum Gasteiger partial charge on any atom is -0.492 e. The number of ether oxygens (including phenoxy) is 3. The van der Waals surface area contributed by atoms with Crippen LogP contribution < -0.4 is 4.74 Å². The first-order chi connectivity index (χ1) is 16.4. The SMILES string of the molecule is CCOC(Cc1ccc(OCCN(CCCC2CCCCC2)C(=O)OC(C)CC)cc1)C(=O)O. The first kappa shape index (κ1) is 28.0. The maximum Gasteiger partial charge on any atom is 0.410 e.